The predicted octanol–water partition coefficient (Wildman–Crippen LogP) is 1.01. The van der Waals surface area contributed by atoms with E-state index in [2.05, 4.69) is 5.32 Å². The fraction of sp³-hybridized carbons (Fsp3) is 0.429. The van der Waals surface area contributed by atoms with Gasteiger partial charge in [0, 0.05) is 10.9 Å². The van der Waals surface area contributed by atoms with Gasteiger partial charge in [-0.3, -0.25) is 4.79 Å². The van der Waals surface area contributed by atoms with Crippen molar-refractivity contribution in [2.45, 2.75) is 11.7 Å². The molecule has 1 aromatic carbocycles. The van der Waals surface area contributed by atoms with Crippen molar-refractivity contribution in [3.63, 3.8) is 0 Å². The van der Waals surface area contributed by atoms with Crippen LogP contribution in [0, 0.1) is 0 Å². The molecule has 7 nitrogen and oxygen atoms in total. The number of anilines is 1. The molecule has 2 N–H and O–H groups in total. The zero-order valence-corrected chi connectivity index (χ0v) is 13.9. The molecule has 1 saturated heterocycles. The summed E-state index contributed by atoms with van der Waals surface area (Å²) in [7, 11) is -2.93. The molecule has 0 aliphatic carbocycles. The highest BCUT2D eigenvalue weighted by molar-refractivity contribution is 8.02. The van der Waals surface area contributed by atoms with Crippen LogP contribution in [0.4, 0.5) is 5.69 Å². The van der Waals surface area contributed by atoms with E-state index in [1.165, 1.54) is 11.8 Å². The zero-order chi connectivity index (χ0) is 16.9. The maximum absolute atomic E-state index is 11.8. The van der Waals surface area contributed by atoms with Crippen LogP contribution in [0.2, 0.25) is 0 Å². The first-order chi connectivity index (χ1) is 10.8. The van der Waals surface area contributed by atoms with Crippen molar-refractivity contribution in [2.24, 2.45) is 0 Å². The van der Waals surface area contributed by atoms with Crippen molar-refractivity contribution in [3.8, 4) is 5.75 Å². The molecule has 0 saturated carbocycles. The third-order valence-electron chi connectivity index (χ3n) is 3.14. The number of rotatable bonds is 7. The number of aliphatic carboxylic acids is 1. The van der Waals surface area contributed by atoms with Gasteiger partial charge in [-0.1, -0.05) is 0 Å². The zero-order valence-electron chi connectivity index (χ0n) is 12.2. The van der Waals surface area contributed by atoms with Gasteiger partial charge in [-0.15, -0.1) is 11.8 Å². The lowest BCUT2D eigenvalue weighted by molar-refractivity contribution is -0.139. The summed E-state index contributed by atoms with van der Waals surface area (Å²) in [4.78, 5) is 22.2. The minimum atomic E-state index is -2.93. The van der Waals surface area contributed by atoms with Gasteiger partial charge in [0.2, 0.25) is 5.91 Å². The predicted molar refractivity (Wildman–Crippen MR) is 87.7 cm³/mol. The second-order valence-corrected chi connectivity index (χ2v) is 8.61. The molecule has 126 valence electrons. The average Bonchev–Trinajstić information content (AvgIpc) is 2.84. The number of amides is 1. The van der Waals surface area contributed by atoms with Crippen LogP contribution in [0.25, 0.3) is 0 Å². The van der Waals surface area contributed by atoms with Crippen molar-refractivity contribution in [1.82, 2.24) is 0 Å². The first kappa shape index (κ1) is 17.6. The molecule has 1 aliphatic rings. The van der Waals surface area contributed by atoms with E-state index in [1.807, 2.05) is 0 Å². The first-order valence-electron chi connectivity index (χ1n) is 6.90. The second kappa shape index (κ2) is 7.69. The van der Waals surface area contributed by atoms with Crippen LogP contribution < -0.4 is 10.1 Å². The van der Waals surface area contributed by atoms with E-state index < -0.39 is 22.4 Å². The van der Waals surface area contributed by atoms with Gasteiger partial charge in [-0.05, 0) is 30.7 Å². The van der Waals surface area contributed by atoms with Gasteiger partial charge in [0.1, 0.15) is 5.75 Å². The third kappa shape index (κ3) is 6.11. The molecule has 0 spiro atoms. The average molecular weight is 359 g/mol. The van der Waals surface area contributed by atoms with E-state index in [0.29, 0.717) is 17.9 Å². The number of hydrogen-bond acceptors (Lipinski definition) is 6. The van der Waals surface area contributed by atoms with E-state index in [-0.39, 0.29) is 28.4 Å². The molecule has 1 unspecified atom stereocenters. The molecular weight excluding hydrogens is 342 g/mol. The van der Waals surface area contributed by atoms with E-state index in [0.717, 1.165) is 0 Å². The number of sulfone groups is 1. The Balaban J connectivity index is 1.75. The van der Waals surface area contributed by atoms with Crippen molar-refractivity contribution >= 4 is 39.2 Å². The highest BCUT2D eigenvalue weighted by Crippen LogP contribution is 2.24. The smallest absolute Gasteiger partial charge is 0.341 e. The van der Waals surface area contributed by atoms with Crippen LogP contribution in [0.1, 0.15) is 6.42 Å². The quantitative estimate of drug-likeness (QED) is 0.747. The lowest BCUT2D eigenvalue weighted by Crippen LogP contribution is -2.17. The Kier molecular flexibility index (Phi) is 5.89. The first-order valence-corrected chi connectivity index (χ1v) is 9.77. The van der Waals surface area contributed by atoms with E-state index in [4.69, 9.17) is 9.84 Å². The van der Waals surface area contributed by atoms with Crippen LogP contribution in [0.3, 0.4) is 0 Å². The Bertz CT molecular complexity index is 671. The highest BCUT2D eigenvalue weighted by Gasteiger charge is 2.28. The SMILES string of the molecule is O=C(O)COc1ccc(NC(=O)CSC2CCS(=O)(=O)C2)cc1. The topological polar surface area (TPSA) is 110 Å². The lowest BCUT2D eigenvalue weighted by Gasteiger charge is -2.09. The summed E-state index contributed by atoms with van der Waals surface area (Å²) < 4.78 is 27.7. The molecule has 0 aromatic heterocycles. The Hall–Kier alpha value is -1.74. The fourth-order valence-electron chi connectivity index (χ4n) is 2.06. The van der Waals surface area contributed by atoms with E-state index in [1.54, 1.807) is 24.3 Å². The molecule has 23 heavy (non-hydrogen) atoms. The number of carboxylic acids is 1. The van der Waals surface area contributed by atoms with Gasteiger partial charge < -0.3 is 15.2 Å². The number of carbonyl (C=O) groups is 2. The molecule has 1 fully saturated rings. The van der Waals surface area contributed by atoms with Gasteiger partial charge in [0.05, 0.1) is 17.3 Å². The van der Waals surface area contributed by atoms with Crippen LogP contribution in [0.5, 0.6) is 5.75 Å². The number of nitrogens with one attached hydrogen (secondary N) is 1. The Labute approximate surface area is 138 Å². The Morgan fingerprint density at radius 1 is 1.30 bits per heavy atom. The van der Waals surface area contributed by atoms with Gasteiger partial charge in [0.25, 0.3) is 0 Å². The fourth-order valence-corrected chi connectivity index (χ4v) is 5.51. The normalized spacial score (nSPS) is 19.2. The molecule has 0 radical (unpaired) electrons. The van der Waals surface area contributed by atoms with Crippen molar-refractivity contribution < 1.29 is 27.9 Å². The summed E-state index contributed by atoms with van der Waals surface area (Å²) in [6.07, 6.45) is 0.593. The summed E-state index contributed by atoms with van der Waals surface area (Å²) >= 11 is 1.35. The number of carbonyl (C=O) groups excluding carboxylic acids is 1. The summed E-state index contributed by atoms with van der Waals surface area (Å²) in [6, 6.07) is 6.35. The molecule has 1 atom stereocenters. The molecule has 1 aromatic rings. The molecule has 1 aliphatic heterocycles. The minimum Gasteiger partial charge on any atom is -0.482 e. The van der Waals surface area contributed by atoms with Crippen LogP contribution >= 0.6 is 11.8 Å². The molecule has 0 bridgehead atoms. The molecule has 1 heterocycles. The Morgan fingerprint density at radius 3 is 2.57 bits per heavy atom. The van der Waals surface area contributed by atoms with Crippen molar-refractivity contribution in [2.75, 3.05) is 29.2 Å². The maximum Gasteiger partial charge on any atom is 0.341 e. The summed E-state index contributed by atoms with van der Waals surface area (Å²) in [6.45, 7) is -0.424. The number of carboxylic acid groups (broad SMARTS) is 1. The highest BCUT2D eigenvalue weighted by atomic mass is 32.2. The largest absolute Gasteiger partial charge is 0.482 e. The van der Waals surface area contributed by atoms with Crippen molar-refractivity contribution in [3.05, 3.63) is 24.3 Å². The van der Waals surface area contributed by atoms with Crippen LogP contribution in [-0.2, 0) is 19.4 Å². The summed E-state index contributed by atoms with van der Waals surface area (Å²) in [5.41, 5.74) is 0.567. The van der Waals surface area contributed by atoms with Gasteiger partial charge in [-0.25, -0.2) is 13.2 Å². The van der Waals surface area contributed by atoms with E-state index in [9.17, 15) is 18.0 Å². The standard InChI is InChI=1S/C14H17NO6S2/c16-13(8-22-12-5-6-23(19,20)9-12)15-10-1-3-11(4-2-10)21-7-14(17)18/h1-4,12H,5-9H2,(H,15,16)(H,17,18). The maximum atomic E-state index is 11.8. The van der Waals surface area contributed by atoms with Gasteiger partial charge in [0.15, 0.2) is 16.4 Å². The second-order valence-electron chi connectivity index (χ2n) is 5.09. The summed E-state index contributed by atoms with van der Waals surface area (Å²) in [5.74, 6) is -0.343. The molecule has 9 heteroatoms. The number of ether oxygens (including phenoxy) is 1. The van der Waals surface area contributed by atoms with Crippen LogP contribution in [-0.4, -0.2) is 54.5 Å². The molecule has 1 amide bonds. The van der Waals surface area contributed by atoms with Gasteiger partial charge >= 0.3 is 5.97 Å². The third-order valence-corrected chi connectivity index (χ3v) is 6.42. The monoisotopic (exact) mass is 359 g/mol. The number of hydrogen-bond donors (Lipinski definition) is 2. The van der Waals surface area contributed by atoms with Gasteiger partial charge in [-0.2, -0.15) is 0 Å². The number of benzene rings is 1. The molecule has 2 rings (SSSR count). The van der Waals surface area contributed by atoms with Crippen molar-refractivity contribution in [1.29, 1.82) is 0 Å². The minimum absolute atomic E-state index is 0.0162. The summed E-state index contributed by atoms with van der Waals surface area (Å²) in [5, 5.41) is 11.2. The Morgan fingerprint density at radius 2 is 2.00 bits per heavy atom. The lowest BCUT2D eigenvalue weighted by atomic mass is 10.3. The molecular formula is C14H17NO6S2. The van der Waals surface area contributed by atoms with Crippen LogP contribution in [0.15, 0.2) is 24.3 Å². The van der Waals surface area contributed by atoms with E-state index >= 15 is 0 Å². The number of thioether (sulfide) groups is 1.